The van der Waals surface area contributed by atoms with Crippen LogP contribution in [0.5, 0.6) is 0 Å². The lowest BCUT2D eigenvalue weighted by Gasteiger charge is -2.26. The van der Waals surface area contributed by atoms with E-state index in [1.54, 1.807) is 18.0 Å². The van der Waals surface area contributed by atoms with E-state index < -0.39 is 6.09 Å². The summed E-state index contributed by atoms with van der Waals surface area (Å²) in [4.78, 5) is 26.6. The molecule has 1 aromatic carbocycles. The van der Waals surface area contributed by atoms with Gasteiger partial charge in [0.05, 0.1) is 12.7 Å². The summed E-state index contributed by atoms with van der Waals surface area (Å²) in [7, 11) is 5.18. The zero-order chi connectivity index (χ0) is 25.6. The van der Waals surface area contributed by atoms with E-state index >= 15 is 0 Å². The van der Waals surface area contributed by atoms with Gasteiger partial charge in [-0.2, -0.15) is 0 Å². The first kappa shape index (κ1) is 29.2. The Hall–Kier alpha value is -2.07. The van der Waals surface area contributed by atoms with E-state index in [9.17, 15) is 9.59 Å². The van der Waals surface area contributed by atoms with Gasteiger partial charge < -0.3 is 35.0 Å². The first-order chi connectivity index (χ1) is 16.8. The van der Waals surface area contributed by atoms with Gasteiger partial charge in [0.25, 0.3) is 0 Å². The average molecular weight is 513 g/mol. The largest absolute Gasteiger partial charge is 0.465 e. The number of carbonyl (C=O) groups is 2. The number of hydrogen-bond donors (Lipinski definition) is 3. The van der Waals surface area contributed by atoms with E-state index in [1.807, 2.05) is 25.2 Å². The summed E-state index contributed by atoms with van der Waals surface area (Å²) < 4.78 is 11.7. The van der Waals surface area contributed by atoms with Gasteiger partial charge in [-0.3, -0.25) is 0 Å². The maximum atomic E-state index is 12.7. The van der Waals surface area contributed by atoms with Crippen molar-refractivity contribution in [3.8, 4) is 0 Å². The summed E-state index contributed by atoms with van der Waals surface area (Å²) in [6.45, 7) is 3.15. The number of ether oxygens (including phenoxy) is 2. The number of halogens is 1. The van der Waals surface area contributed by atoms with Crippen LogP contribution in [0, 0.1) is 5.92 Å². The van der Waals surface area contributed by atoms with E-state index in [0.29, 0.717) is 30.5 Å². The predicted octanol–water partition coefficient (Wildman–Crippen LogP) is 3.83. The summed E-state index contributed by atoms with van der Waals surface area (Å²) in [6.07, 6.45) is 3.68. The number of nitrogens with one attached hydrogen (secondary N) is 2. The minimum Gasteiger partial charge on any atom is -0.465 e. The second-order valence-electron chi connectivity index (χ2n) is 9.17. The quantitative estimate of drug-likeness (QED) is 0.371. The molecule has 35 heavy (non-hydrogen) atoms. The topological polar surface area (TPSA) is 103 Å². The molecule has 1 aliphatic rings. The molecule has 9 nitrogen and oxygen atoms in total. The highest BCUT2D eigenvalue weighted by molar-refractivity contribution is 6.30. The van der Waals surface area contributed by atoms with E-state index in [2.05, 4.69) is 10.6 Å². The third-order valence-corrected chi connectivity index (χ3v) is 6.63. The van der Waals surface area contributed by atoms with Crippen molar-refractivity contribution >= 4 is 23.7 Å². The smallest absolute Gasteiger partial charge is 0.407 e. The Kier molecular flexibility index (Phi) is 13.2. The van der Waals surface area contributed by atoms with Crippen LogP contribution in [-0.2, 0) is 9.47 Å². The number of rotatable bonds is 13. The van der Waals surface area contributed by atoms with Gasteiger partial charge in [0.1, 0.15) is 0 Å². The van der Waals surface area contributed by atoms with Crippen LogP contribution < -0.4 is 10.6 Å². The number of hydrogen-bond acceptors (Lipinski definition) is 5. The highest BCUT2D eigenvalue weighted by Gasteiger charge is 2.20. The first-order valence-electron chi connectivity index (χ1n) is 12.3. The molecule has 1 fully saturated rings. The lowest BCUT2D eigenvalue weighted by Crippen LogP contribution is -2.45. The molecule has 0 unspecified atom stereocenters. The molecule has 1 aliphatic heterocycles. The van der Waals surface area contributed by atoms with Crippen molar-refractivity contribution in [3.63, 3.8) is 0 Å². The molecule has 0 radical (unpaired) electrons. The Morgan fingerprint density at radius 3 is 2.77 bits per heavy atom. The Morgan fingerprint density at radius 1 is 1.26 bits per heavy atom. The molecule has 198 valence electrons. The van der Waals surface area contributed by atoms with Crippen molar-refractivity contribution in [2.75, 3.05) is 60.6 Å². The third kappa shape index (κ3) is 11.0. The second kappa shape index (κ2) is 15.8. The fraction of sp³-hybridized carbons (Fsp3) is 0.680. The first-order valence-corrected chi connectivity index (χ1v) is 12.7. The summed E-state index contributed by atoms with van der Waals surface area (Å²) in [6, 6.07) is 7.45. The van der Waals surface area contributed by atoms with Crippen molar-refractivity contribution in [2.45, 2.75) is 44.2 Å². The molecule has 1 saturated heterocycles. The zero-order valence-corrected chi connectivity index (χ0v) is 21.9. The van der Waals surface area contributed by atoms with Crippen LogP contribution in [0.3, 0.4) is 0 Å². The molecule has 1 aromatic rings. The van der Waals surface area contributed by atoms with Crippen molar-refractivity contribution < 1.29 is 24.2 Å². The van der Waals surface area contributed by atoms with Crippen LogP contribution in [-0.4, -0.2) is 93.7 Å². The Labute approximate surface area is 214 Å². The predicted molar refractivity (Wildman–Crippen MR) is 137 cm³/mol. The van der Waals surface area contributed by atoms with E-state index in [4.69, 9.17) is 26.2 Å². The molecule has 2 rings (SSSR count). The summed E-state index contributed by atoms with van der Waals surface area (Å²) >= 11 is 6.16. The fourth-order valence-corrected chi connectivity index (χ4v) is 4.30. The second-order valence-corrected chi connectivity index (χ2v) is 9.61. The van der Waals surface area contributed by atoms with Gasteiger partial charge in [0, 0.05) is 58.0 Å². The van der Waals surface area contributed by atoms with Crippen molar-refractivity contribution in [3.05, 3.63) is 34.9 Å². The molecule has 3 atom stereocenters. The van der Waals surface area contributed by atoms with E-state index in [-0.39, 0.29) is 31.3 Å². The number of benzene rings is 1. The van der Waals surface area contributed by atoms with Crippen molar-refractivity contribution in [1.82, 2.24) is 20.4 Å². The average Bonchev–Trinajstić information content (AvgIpc) is 3.11. The van der Waals surface area contributed by atoms with Crippen LogP contribution in [0.4, 0.5) is 9.59 Å². The molecule has 0 aromatic heterocycles. The van der Waals surface area contributed by atoms with Crippen molar-refractivity contribution in [2.24, 2.45) is 5.92 Å². The minimum atomic E-state index is -1.00. The monoisotopic (exact) mass is 512 g/mol. The summed E-state index contributed by atoms with van der Waals surface area (Å²) in [5, 5.41) is 16.0. The Morgan fingerprint density at radius 2 is 2.06 bits per heavy atom. The molecule has 0 bridgehead atoms. The minimum absolute atomic E-state index is 0.141. The van der Waals surface area contributed by atoms with Gasteiger partial charge in [-0.25, -0.2) is 9.59 Å². The lowest BCUT2D eigenvalue weighted by atomic mass is 9.95. The van der Waals surface area contributed by atoms with Gasteiger partial charge in [0.2, 0.25) is 0 Å². The van der Waals surface area contributed by atoms with Gasteiger partial charge >= 0.3 is 12.1 Å². The maximum Gasteiger partial charge on any atom is 0.407 e. The molecular weight excluding hydrogens is 472 g/mol. The summed E-state index contributed by atoms with van der Waals surface area (Å²) in [5.41, 5.74) is 0.894. The highest BCUT2D eigenvalue weighted by Crippen LogP contribution is 2.24. The van der Waals surface area contributed by atoms with Crippen LogP contribution in [0.1, 0.15) is 43.8 Å². The number of urea groups is 1. The maximum absolute atomic E-state index is 12.7. The van der Waals surface area contributed by atoms with Crippen LogP contribution in [0.25, 0.3) is 0 Å². The van der Waals surface area contributed by atoms with Gasteiger partial charge in [-0.1, -0.05) is 30.2 Å². The SMILES string of the molecule is CN[C@H](CNC(=O)N(C)CC[C@@H](OCCN(C)C(=O)O)c1cccc(Cl)c1)C[C@H]1CCCCOC1. The molecular formula is C25H41ClN4O5. The van der Waals surface area contributed by atoms with Gasteiger partial charge in [-0.15, -0.1) is 0 Å². The highest BCUT2D eigenvalue weighted by atomic mass is 35.5. The molecule has 0 spiro atoms. The van der Waals surface area contributed by atoms with Gasteiger partial charge in [-0.05, 0) is 56.3 Å². The molecule has 3 N–H and O–H groups in total. The summed E-state index contributed by atoms with van der Waals surface area (Å²) in [5.74, 6) is 0.514. The number of nitrogens with zero attached hydrogens (tertiary/aromatic N) is 2. The number of amides is 3. The molecule has 1 heterocycles. The number of carboxylic acid groups (broad SMARTS) is 1. The molecule has 3 amide bonds. The van der Waals surface area contributed by atoms with Gasteiger partial charge in [0.15, 0.2) is 0 Å². The van der Waals surface area contributed by atoms with E-state index in [1.165, 1.54) is 24.8 Å². The fourth-order valence-electron chi connectivity index (χ4n) is 4.10. The molecule has 0 aliphatic carbocycles. The standard InChI is InChI=1S/C25H41ClN4O5/c1-27-22(15-19-7-4-5-13-34-18-19)17-28-24(31)29(2)11-10-23(20-8-6-9-21(26)16-20)35-14-12-30(3)25(32)33/h6,8-9,16,19,22-23,27H,4-5,7,10-15,17-18H2,1-3H3,(H,28,31)(H,32,33)/t19-,22+,23-/m1/s1. The third-order valence-electron chi connectivity index (χ3n) is 6.40. The number of carbonyl (C=O) groups excluding carboxylic acids is 1. The lowest BCUT2D eigenvalue weighted by molar-refractivity contribution is 0.0319. The van der Waals surface area contributed by atoms with Crippen LogP contribution in [0.2, 0.25) is 5.02 Å². The molecule has 10 heteroatoms. The Balaban J connectivity index is 1.84. The van der Waals surface area contributed by atoms with Crippen LogP contribution in [0.15, 0.2) is 24.3 Å². The van der Waals surface area contributed by atoms with Crippen LogP contribution >= 0.6 is 11.6 Å². The normalized spacial score (nSPS) is 17.8. The molecule has 0 saturated carbocycles. The zero-order valence-electron chi connectivity index (χ0n) is 21.2. The number of likely N-dealkylation sites (N-methyl/N-ethyl adjacent to an activating group) is 2. The van der Waals surface area contributed by atoms with E-state index in [0.717, 1.165) is 31.6 Å². The van der Waals surface area contributed by atoms with Crippen molar-refractivity contribution in [1.29, 1.82) is 0 Å². The Bertz CT molecular complexity index is 776.